The van der Waals surface area contributed by atoms with Crippen LogP contribution < -0.4 is 11.5 Å². The van der Waals surface area contributed by atoms with Crippen molar-refractivity contribution < 1.29 is 14.7 Å². The van der Waals surface area contributed by atoms with E-state index in [0.29, 0.717) is 33.6 Å². The molecule has 0 aliphatic heterocycles. The van der Waals surface area contributed by atoms with Crippen LogP contribution in [0.3, 0.4) is 0 Å². The number of fused-ring (bicyclic) bond motifs is 3. The Labute approximate surface area is 158 Å². The van der Waals surface area contributed by atoms with Gasteiger partial charge in [0.05, 0.1) is 16.9 Å². The molecule has 1 aliphatic carbocycles. The zero-order valence-corrected chi connectivity index (χ0v) is 15.2. The summed E-state index contributed by atoms with van der Waals surface area (Å²) in [4.78, 5) is 23.2. The first-order valence-electron chi connectivity index (χ1n) is 7.71. The van der Waals surface area contributed by atoms with Crippen LogP contribution in [-0.4, -0.2) is 16.9 Å². The summed E-state index contributed by atoms with van der Waals surface area (Å²) in [6, 6.07) is 17.3. The Morgan fingerprint density at radius 3 is 2.12 bits per heavy atom. The first-order chi connectivity index (χ1) is 12.4. The monoisotopic (exact) mass is 410 g/mol. The van der Waals surface area contributed by atoms with Crippen LogP contribution in [0.15, 0.2) is 65.1 Å². The largest absolute Gasteiger partial charge is 0.478 e. The number of halogens is 1. The summed E-state index contributed by atoms with van der Waals surface area (Å²) >= 11 is 3.26. The van der Waals surface area contributed by atoms with Crippen molar-refractivity contribution in [3.63, 3.8) is 0 Å². The molecule has 0 heterocycles. The van der Waals surface area contributed by atoms with E-state index in [-0.39, 0.29) is 11.3 Å². The van der Waals surface area contributed by atoms with E-state index in [1.54, 1.807) is 48.5 Å². The Balaban J connectivity index is 0.000000185. The van der Waals surface area contributed by atoms with Crippen molar-refractivity contribution in [2.45, 2.75) is 0 Å². The van der Waals surface area contributed by atoms with E-state index in [0.717, 1.165) is 4.47 Å². The molecule has 130 valence electrons. The molecule has 3 aromatic rings. The van der Waals surface area contributed by atoms with Crippen molar-refractivity contribution in [3.8, 4) is 11.1 Å². The minimum Gasteiger partial charge on any atom is -0.478 e. The molecule has 4 rings (SSSR count). The number of hydrogen-bond acceptors (Lipinski definition) is 4. The lowest BCUT2D eigenvalue weighted by molar-refractivity contribution is 0.0697. The van der Waals surface area contributed by atoms with E-state index in [9.17, 15) is 9.59 Å². The zero-order valence-electron chi connectivity index (χ0n) is 13.6. The van der Waals surface area contributed by atoms with Crippen molar-refractivity contribution in [2.24, 2.45) is 0 Å². The Bertz CT molecular complexity index is 1030. The summed E-state index contributed by atoms with van der Waals surface area (Å²) in [5.41, 5.74) is 14.6. The highest BCUT2D eigenvalue weighted by Crippen LogP contribution is 2.38. The van der Waals surface area contributed by atoms with Crippen LogP contribution in [0.1, 0.15) is 26.3 Å². The smallest absolute Gasteiger partial charge is 0.336 e. The van der Waals surface area contributed by atoms with Crippen molar-refractivity contribution in [1.29, 1.82) is 0 Å². The van der Waals surface area contributed by atoms with Gasteiger partial charge >= 0.3 is 5.97 Å². The van der Waals surface area contributed by atoms with Crippen molar-refractivity contribution in [3.05, 3.63) is 81.8 Å². The van der Waals surface area contributed by atoms with Gasteiger partial charge in [0.2, 0.25) is 0 Å². The molecule has 5 N–H and O–H groups in total. The van der Waals surface area contributed by atoms with Gasteiger partial charge < -0.3 is 16.6 Å². The number of ketones is 1. The maximum absolute atomic E-state index is 12.1. The van der Waals surface area contributed by atoms with Gasteiger partial charge in [-0.25, -0.2) is 4.79 Å². The van der Waals surface area contributed by atoms with Crippen LogP contribution in [0.2, 0.25) is 0 Å². The normalized spacial score (nSPS) is 11.2. The fourth-order valence-electron chi connectivity index (χ4n) is 2.80. The second-order valence-electron chi connectivity index (χ2n) is 5.68. The Kier molecular flexibility index (Phi) is 4.77. The molecule has 5 nitrogen and oxygen atoms in total. The molecule has 3 aromatic carbocycles. The van der Waals surface area contributed by atoms with Gasteiger partial charge in [-0.3, -0.25) is 4.79 Å². The van der Waals surface area contributed by atoms with Crippen LogP contribution in [0.4, 0.5) is 11.4 Å². The number of aromatic carboxylic acids is 1. The van der Waals surface area contributed by atoms with Crippen LogP contribution in [0, 0.1) is 0 Å². The van der Waals surface area contributed by atoms with Gasteiger partial charge in [-0.05, 0) is 29.8 Å². The Morgan fingerprint density at radius 2 is 1.50 bits per heavy atom. The van der Waals surface area contributed by atoms with Gasteiger partial charge in [0.25, 0.3) is 0 Å². The lowest BCUT2D eigenvalue weighted by Gasteiger charge is -2.03. The predicted octanol–water partition coefficient (Wildman–Crippen LogP) is 4.21. The predicted molar refractivity (Wildman–Crippen MR) is 105 cm³/mol. The molecule has 0 bridgehead atoms. The highest BCUT2D eigenvalue weighted by Gasteiger charge is 2.29. The number of rotatable bonds is 1. The van der Waals surface area contributed by atoms with E-state index in [2.05, 4.69) is 15.9 Å². The highest BCUT2D eigenvalue weighted by molar-refractivity contribution is 9.10. The van der Waals surface area contributed by atoms with Gasteiger partial charge in [-0.15, -0.1) is 0 Å². The number of nitrogens with two attached hydrogens (primary N) is 2. The Morgan fingerprint density at radius 1 is 0.846 bits per heavy atom. The van der Waals surface area contributed by atoms with Gasteiger partial charge in [0.1, 0.15) is 0 Å². The summed E-state index contributed by atoms with van der Waals surface area (Å²) in [5.74, 6) is -1.11. The molecule has 6 heteroatoms. The third-order valence-electron chi connectivity index (χ3n) is 4.03. The second kappa shape index (κ2) is 7.01. The summed E-state index contributed by atoms with van der Waals surface area (Å²) in [7, 11) is 0. The maximum atomic E-state index is 12.1. The van der Waals surface area contributed by atoms with Crippen molar-refractivity contribution >= 4 is 39.1 Å². The fraction of sp³-hybridized carbons (Fsp3) is 0. The average molecular weight is 411 g/mol. The molecule has 0 aromatic heterocycles. The van der Waals surface area contributed by atoms with Crippen molar-refractivity contribution in [1.82, 2.24) is 0 Å². The fourth-order valence-corrected chi connectivity index (χ4v) is 3.18. The summed E-state index contributed by atoms with van der Waals surface area (Å²) in [6.07, 6.45) is 0. The standard InChI is InChI=1S/C14H8O3.C6H7BrN2/c15-13-9-5-2-1-4-8(9)12-10(13)6-3-7-11(12)14(16)17;7-4-1-2-5(8)6(9)3-4/h1-7H,(H,16,17);1-3H,8-9H2. The summed E-state index contributed by atoms with van der Waals surface area (Å²) in [5, 5.41) is 9.15. The van der Waals surface area contributed by atoms with E-state index in [4.69, 9.17) is 16.6 Å². The van der Waals surface area contributed by atoms with E-state index in [1.165, 1.54) is 6.07 Å². The summed E-state index contributed by atoms with van der Waals surface area (Å²) in [6.45, 7) is 0. The van der Waals surface area contributed by atoms with Crippen molar-refractivity contribution in [2.75, 3.05) is 11.5 Å². The molecular weight excluding hydrogens is 396 g/mol. The van der Waals surface area contributed by atoms with Crippen LogP contribution in [0.25, 0.3) is 11.1 Å². The molecule has 0 fully saturated rings. The molecule has 0 radical (unpaired) electrons. The van der Waals surface area contributed by atoms with Gasteiger partial charge in [-0.2, -0.15) is 0 Å². The minimum absolute atomic E-state index is 0.0984. The molecule has 0 amide bonds. The molecule has 1 aliphatic rings. The third-order valence-corrected chi connectivity index (χ3v) is 4.52. The second-order valence-corrected chi connectivity index (χ2v) is 6.60. The van der Waals surface area contributed by atoms with Gasteiger partial charge in [0.15, 0.2) is 5.78 Å². The topological polar surface area (TPSA) is 106 Å². The number of carbonyl (C=O) groups is 2. The molecule has 0 atom stereocenters. The number of carboxylic acid groups (broad SMARTS) is 1. The lowest BCUT2D eigenvalue weighted by Crippen LogP contribution is -2.00. The first-order valence-corrected chi connectivity index (χ1v) is 8.50. The van der Waals surface area contributed by atoms with Gasteiger partial charge in [0, 0.05) is 21.2 Å². The van der Waals surface area contributed by atoms with E-state index in [1.807, 2.05) is 6.07 Å². The average Bonchev–Trinajstić information content (AvgIpc) is 2.92. The quantitative estimate of drug-likeness (QED) is 0.407. The number of carboxylic acids is 1. The zero-order chi connectivity index (χ0) is 18.8. The molecule has 26 heavy (non-hydrogen) atoms. The summed E-state index contributed by atoms with van der Waals surface area (Å²) < 4.78 is 0.953. The molecule has 0 spiro atoms. The number of benzene rings is 3. The number of carbonyl (C=O) groups excluding carboxylic acids is 1. The van der Waals surface area contributed by atoms with E-state index < -0.39 is 5.97 Å². The van der Waals surface area contributed by atoms with Crippen LogP contribution in [-0.2, 0) is 0 Å². The number of hydrogen-bond donors (Lipinski definition) is 3. The Hall–Kier alpha value is -3.12. The highest BCUT2D eigenvalue weighted by atomic mass is 79.9. The minimum atomic E-state index is -1.01. The van der Waals surface area contributed by atoms with Crippen LogP contribution in [0.5, 0.6) is 0 Å². The SMILES string of the molecule is Nc1ccc(Br)cc1N.O=C(O)c1cccc2c1-c1ccccc1C2=O. The maximum Gasteiger partial charge on any atom is 0.336 e. The molecule has 0 saturated carbocycles. The van der Waals surface area contributed by atoms with Gasteiger partial charge in [-0.1, -0.05) is 52.3 Å². The lowest BCUT2D eigenvalue weighted by atomic mass is 10.00. The molecule has 0 saturated heterocycles. The third kappa shape index (κ3) is 3.19. The molecule has 0 unspecified atom stereocenters. The molecular formula is C20H15BrN2O3. The number of anilines is 2. The number of nitrogen functional groups attached to an aromatic ring is 2. The van der Waals surface area contributed by atoms with E-state index >= 15 is 0 Å². The first kappa shape index (κ1) is 17.7. The van der Waals surface area contributed by atoms with Crippen LogP contribution >= 0.6 is 15.9 Å².